The summed E-state index contributed by atoms with van der Waals surface area (Å²) in [4.78, 5) is 41.3. The number of epoxide rings is 1. The number of benzene rings is 3. The van der Waals surface area contributed by atoms with Gasteiger partial charge in [-0.3, -0.25) is 14.5 Å². The Bertz CT molecular complexity index is 1330. The number of allylic oxidation sites excluding steroid dienone is 1. The van der Waals surface area contributed by atoms with E-state index in [1.54, 1.807) is 13.8 Å². The molecule has 0 aliphatic carbocycles. The minimum Gasteiger partial charge on any atom is -0.448 e. The molecule has 0 bridgehead atoms. The van der Waals surface area contributed by atoms with Crippen molar-refractivity contribution in [2.75, 3.05) is 13.2 Å². The van der Waals surface area contributed by atoms with Crippen molar-refractivity contribution >= 4 is 17.8 Å². The Balaban J connectivity index is 1.36. The first-order valence-electron chi connectivity index (χ1n) is 13.3. The summed E-state index contributed by atoms with van der Waals surface area (Å²) < 4.78 is 17.4. The number of likely N-dealkylation sites (tertiary alicyclic amines) is 1. The average Bonchev–Trinajstić information content (AvgIpc) is 3.80. The molecule has 0 aromatic heterocycles. The van der Waals surface area contributed by atoms with E-state index >= 15 is 0 Å². The van der Waals surface area contributed by atoms with E-state index in [-0.39, 0.29) is 30.7 Å². The summed E-state index contributed by atoms with van der Waals surface area (Å²) in [6.45, 7) is 4.29. The molecule has 3 aromatic carbocycles. The van der Waals surface area contributed by atoms with Crippen LogP contribution in [0.25, 0.3) is 0 Å². The molecule has 3 atom stereocenters. The number of β-lactam (4-membered cyclic amide) rings is 1. The van der Waals surface area contributed by atoms with Crippen LogP contribution in [0.15, 0.2) is 102 Å². The summed E-state index contributed by atoms with van der Waals surface area (Å²) in [5.41, 5.74) is 3.11. The molecule has 0 saturated carbocycles. The molecule has 40 heavy (non-hydrogen) atoms. The number of amides is 2. The number of hydrogen-bond donors (Lipinski definition) is 1. The third-order valence-corrected chi connectivity index (χ3v) is 6.76. The van der Waals surface area contributed by atoms with Crippen LogP contribution in [0.2, 0.25) is 0 Å². The fourth-order valence-corrected chi connectivity index (χ4v) is 4.67. The van der Waals surface area contributed by atoms with Crippen LogP contribution < -0.4 is 5.32 Å². The molecule has 5 rings (SSSR count). The highest BCUT2D eigenvalue weighted by Gasteiger charge is 2.53. The number of rotatable bonds is 11. The van der Waals surface area contributed by atoms with E-state index in [1.807, 2.05) is 91.0 Å². The number of nitrogens with one attached hydrogen (secondary N) is 1. The van der Waals surface area contributed by atoms with Gasteiger partial charge in [0.2, 0.25) is 5.91 Å². The van der Waals surface area contributed by atoms with Crippen LogP contribution in [0.4, 0.5) is 0 Å². The number of ether oxygens (including phenoxy) is 3. The Hall–Kier alpha value is -4.27. The van der Waals surface area contributed by atoms with Crippen LogP contribution >= 0.6 is 0 Å². The smallest absolute Gasteiger partial charge is 0.356 e. The number of carbonyl (C=O) groups excluding carboxylic acids is 3. The maximum atomic E-state index is 13.7. The molecule has 2 heterocycles. The summed E-state index contributed by atoms with van der Waals surface area (Å²) >= 11 is 0. The Morgan fingerprint density at radius 2 is 1.48 bits per heavy atom. The van der Waals surface area contributed by atoms with Gasteiger partial charge in [-0.15, -0.1) is 0 Å². The predicted octanol–water partition coefficient (Wildman–Crippen LogP) is 3.92. The monoisotopic (exact) mass is 540 g/mol. The average molecular weight is 541 g/mol. The van der Waals surface area contributed by atoms with Crippen LogP contribution in [0.5, 0.6) is 0 Å². The molecule has 2 amide bonds. The third-order valence-electron chi connectivity index (χ3n) is 6.76. The van der Waals surface area contributed by atoms with Crippen molar-refractivity contribution in [2.24, 2.45) is 0 Å². The summed E-state index contributed by atoms with van der Waals surface area (Å²) in [7, 11) is 0. The van der Waals surface area contributed by atoms with Crippen molar-refractivity contribution < 1.29 is 28.6 Å². The van der Waals surface area contributed by atoms with Gasteiger partial charge in [0.1, 0.15) is 11.8 Å². The molecule has 2 fully saturated rings. The van der Waals surface area contributed by atoms with Gasteiger partial charge in [-0.2, -0.15) is 0 Å². The van der Waals surface area contributed by atoms with Crippen molar-refractivity contribution in [1.29, 1.82) is 0 Å². The lowest BCUT2D eigenvalue weighted by Crippen LogP contribution is -2.72. The summed E-state index contributed by atoms with van der Waals surface area (Å²) in [6.07, 6.45) is -1.50. The van der Waals surface area contributed by atoms with Crippen LogP contribution in [-0.2, 0) is 35.0 Å². The van der Waals surface area contributed by atoms with Gasteiger partial charge >= 0.3 is 5.97 Å². The second-order valence-corrected chi connectivity index (χ2v) is 10.1. The van der Waals surface area contributed by atoms with Crippen LogP contribution in [0, 0.1) is 0 Å². The predicted molar refractivity (Wildman–Crippen MR) is 148 cm³/mol. The Labute approximate surface area is 233 Å². The Kier molecular flexibility index (Phi) is 8.38. The SMILES string of the molecule is CC(C)=C(C(=O)OC(c1ccccc1)c1ccccc1)N1C(=O)[C@H](NC(=O)Cc2ccccc2)[C@H]1OCC1CO1. The molecule has 2 aliphatic rings. The number of hydrogen-bond acceptors (Lipinski definition) is 6. The highest BCUT2D eigenvalue weighted by molar-refractivity contribution is 6.01. The third kappa shape index (κ3) is 6.30. The molecule has 8 nitrogen and oxygen atoms in total. The minimum atomic E-state index is -0.934. The van der Waals surface area contributed by atoms with Gasteiger partial charge in [-0.25, -0.2) is 4.79 Å². The van der Waals surface area contributed by atoms with Gasteiger partial charge in [0.15, 0.2) is 18.4 Å². The molecule has 8 heteroatoms. The van der Waals surface area contributed by atoms with Crippen LogP contribution in [0.3, 0.4) is 0 Å². The van der Waals surface area contributed by atoms with E-state index in [9.17, 15) is 14.4 Å². The molecule has 2 saturated heterocycles. The highest BCUT2D eigenvalue weighted by Crippen LogP contribution is 2.33. The normalized spacial score (nSPS) is 19.5. The number of nitrogens with zero attached hydrogens (tertiary/aromatic N) is 1. The zero-order valence-corrected chi connectivity index (χ0v) is 22.5. The summed E-state index contributed by atoms with van der Waals surface area (Å²) in [5, 5.41) is 2.79. The Morgan fingerprint density at radius 3 is 2.00 bits per heavy atom. The number of esters is 1. The number of carbonyl (C=O) groups is 3. The molecule has 2 aliphatic heterocycles. The molecule has 1 unspecified atom stereocenters. The van der Waals surface area contributed by atoms with Crippen molar-refractivity contribution in [2.45, 2.75) is 44.7 Å². The second-order valence-electron chi connectivity index (χ2n) is 10.1. The molecule has 3 aromatic rings. The maximum Gasteiger partial charge on any atom is 0.356 e. The first-order chi connectivity index (χ1) is 19.4. The standard InChI is InChI=1S/C32H32N2O6/c1-21(2)28(32(37)40-29(23-14-8-4-9-15-23)24-16-10-5-11-17-24)34-30(36)27(31(34)39-20-25-19-38-25)33-26(35)18-22-12-6-3-7-13-22/h3-17,25,27,29,31H,18-20H2,1-2H3,(H,33,35)/t25?,27-,31+/m0/s1. The van der Waals surface area contributed by atoms with Crippen LogP contribution in [0.1, 0.15) is 36.6 Å². The van der Waals surface area contributed by atoms with Gasteiger partial charge < -0.3 is 19.5 Å². The molecule has 0 radical (unpaired) electrons. The highest BCUT2D eigenvalue weighted by atomic mass is 16.6. The topological polar surface area (TPSA) is 97.5 Å². The molecule has 206 valence electrons. The van der Waals surface area contributed by atoms with E-state index in [2.05, 4.69) is 5.32 Å². The Morgan fingerprint density at radius 1 is 0.925 bits per heavy atom. The van der Waals surface area contributed by atoms with Crippen molar-refractivity contribution in [3.63, 3.8) is 0 Å². The quantitative estimate of drug-likeness (QED) is 0.171. The van der Waals surface area contributed by atoms with Gasteiger partial charge in [0.25, 0.3) is 5.91 Å². The first-order valence-corrected chi connectivity index (χ1v) is 13.3. The van der Waals surface area contributed by atoms with Crippen molar-refractivity contribution in [1.82, 2.24) is 10.2 Å². The van der Waals surface area contributed by atoms with E-state index in [0.717, 1.165) is 16.7 Å². The van der Waals surface area contributed by atoms with E-state index in [0.29, 0.717) is 12.2 Å². The van der Waals surface area contributed by atoms with Gasteiger partial charge in [0, 0.05) is 0 Å². The van der Waals surface area contributed by atoms with Crippen molar-refractivity contribution in [3.05, 3.63) is 119 Å². The summed E-state index contributed by atoms with van der Waals surface area (Å²) in [5.74, 6) is -1.40. The first kappa shape index (κ1) is 27.3. The molecular weight excluding hydrogens is 508 g/mol. The van der Waals surface area contributed by atoms with E-state index in [4.69, 9.17) is 14.2 Å². The van der Waals surface area contributed by atoms with E-state index in [1.165, 1.54) is 4.90 Å². The molecular formula is C32H32N2O6. The second kappa shape index (κ2) is 12.3. The van der Waals surface area contributed by atoms with Gasteiger partial charge in [0.05, 0.1) is 19.6 Å². The minimum absolute atomic E-state index is 0.0686. The zero-order chi connectivity index (χ0) is 28.1. The fraction of sp³-hybridized carbons (Fsp3) is 0.281. The van der Waals surface area contributed by atoms with E-state index < -0.39 is 30.3 Å². The lowest BCUT2D eigenvalue weighted by Gasteiger charge is -2.47. The fourth-order valence-electron chi connectivity index (χ4n) is 4.67. The summed E-state index contributed by atoms with van der Waals surface area (Å²) in [6, 6.07) is 27.2. The molecule has 1 N–H and O–H groups in total. The largest absolute Gasteiger partial charge is 0.448 e. The maximum absolute atomic E-state index is 13.7. The zero-order valence-electron chi connectivity index (χ0n) is 22.5. The van der Waals surface area contributed by atoms with Gasteiger partial charge in [-0.05, 0) is 36.1 Å². The van der Waals surface area contributed by atoms with Crippen LogP contribution in [-0.4, -0.2) is 54.3 Å². The lowest BCUT2D eigenvalue weighted by atomic mass is 9.99. The van der Waals surface area contributed by atoms with Gasteiger partial charge in [-0.1, -0.05) is 91.0 Å². The lowest BCUT2D eigenvalue weighted by molar-refractivity contribution is -0.183. The molecule has 0 spiro atoms. The van der Waals surface area contributed by atoms with Crippen molar-refractivity contribution in [3.8, 4) is 0 Å².